The van der Waals surface area contributed by atoms with Crippen molar-refractivity contribution < 1.29 is 9.84 Å². The summed E-state index contributed by atoms with van der Waals surface area (Å²) in [5, 5.41) is 12.4. The predicted molar refractivity (Wildman–Crippen MR) is 65.6 cm³/mol. The molecular weight excluding hydrogens is 218 g/mol. The number of aromatic nitrogens is 2. The molecule has 17 heavy (non-hydrogen) atoms. The number of aryl methyl sites for hydroxylation is 1. The average Bonchev–Trinajstić information content (AvgIpc) is 2.29. The zero-order valence-corrected chi connectivity index (χ0v) is 10.7. The van der Waals surface area contributed by atoms with Crippen LogP contribution in [-0.4, -0.2) is 40.9 Å². The summed E-state index contributed by atoms with van der Waals surface area (Å²) in [6.45, 7) is 5.23. The Morgan fingerprint density at radius 3 is 2.71 bits per heavy atom. The normalized spacial score (nSPS) is 14.6. The van der Waals surface area contributed by atoms with Crippen molar-refractivity contribution in [2.45, 2.75) is 32.4 Å². The van der Waals surface area contributed by atoms with Gasteiger partial charge in [0.2, 0.25) is 0 Å². The highest BCUT2D eigenvalue weighted by Crippen LogP contribution is 2.10. The minimum absolute atomic E-state index is 0.131. The van der Waals surface area contributed by atoms with E-state index in [-0.39, 0.29) is 12.1 Å². The van der Waals surface area contributed by atoms with Crippen molar-refractivity contribution >= 4 is 0 Å². The summed E-state index contributed by atoms with van der Waals surface area (Å²) >= 11 is 0. The lowest BCUT2D eigenvalue weighted by molar-refractivity contribution is 0.0967. The van der Waals surface area contributed by atoms with Crippen molar-refractivity contribution in [1.29, 1.82) is 0 Å². The second-order valence-electron chi connectivity index (χ2n) is 4.47. The van der Waals surface area contributed by atoms with Crippen LogP contribution in [0.25, 0.3) is 0 Å². The van der Waals surface area contributed by atoms with Crippen molar-refractivity contribution in [1.82, 2.24) is 15.3 Å². The Bertz CT molecular complexity index is 321. The first-order valence-electron chi connectivity index (χ1n) is 5.72. The van der Waals surface area contributed by atoms with E-state index >= 15 is 0 Å². The standard InChI is InChI=1S/C12H21N3O2/c1-10-6-14-11(7-13-10)8-15-12(2,4-5-16)9-17-3/h6-7,15-16H,4-5,8-9H2,1-3H3. The molecular formula is C12H21N3O2. The van der Waals surface area contributed by atoms with Gasteiger partial charge < -0.3 is 15.2 Å². The number of rotatable bonds is 7. The number of methoxy groups -OCH3 is 1. The number of nitrogens with zero attached hydrogens (tertiary/aromatic N) is 2. The van der Waals surface area contributed by atoms with E-state index in [0.29, 0.717) is 19.6 Å². The van der Waals surface area contributed by atoms with Crippen LogP contribution in [0, 0.1) is 6.92 Å². The van der Waals surface area contributed by atoms with E-state index in [4.69, 9.17) is 9.84 Å². The maximum atomic E-state index is 9.04. The molecule has 0 bridgehead atoms. The third-order valence-corrected chi connectivity index (χ3v) is 2.66. The van der Waals surface area contributed by atoms with Crippen LogP contribution >= 0.6 is 0 Å². The lowest BCUT2D eigenvalue weighted by atomic mass is 9.99. The lowest BCUT2D eigenvalue weighted by Crippen LogP contribution is -2.46. The fraction of sp³-hybridized carbons (Fsp3) is 0.667. The van der Waals surface area contributed by atoms with Crippen LogP contribution in [0.1, 0.15) is 24.7 Å². The largest absolute Gasteiger partial charge is 0.396 e. The minimum atomic E-state index is -0.240. The van der Waals surface area contributed by atoms with Crippen LogP contribution in [-0.2, 0) is 11.3 Å². The fourth-order valence-corrected chi connectivity index (χ4v) is 1.59. The van der Waals surface area contributed by atoms with Gasteiger partial charge in [-0.05, 0) is 20.3 Å². The molecule has 1 rings (SSSR count). The second-order valence-corrected chi connectivity index (χ2v) is 4.47. The molecule has 5 nitrogen and oxygen atoms in total. The summed E-state index contributed by atoms with van der Waals surface area (Å²) in [6, 6.07) is 0. The third-order valence-electron chi connectivity index (χ3n) is 2.66. The summed E-state index contributed by atoms with van der Waals surface area (Å²) in [7, 11) is 1.66. The Labute approximate surface area is 102 Å². The minimum Gasteiger partial charge on any atom is -0.396 e. The quantitative estimate of drug-likeness (QED) is 0.731. The Hall–Kier alpha value is -1.04. The zero-order chi connectivity index (χ0) is 12.7. The zero-order valence-electron chi connectivity index (χ0n) is 10.7. The molecule has 96 valence electrons. The van der Waals surface area contributed by atoms with Crippen molar-refractivity contribution in [2.75, 3.05) is 20.3 Å². The van der Waals surface area contributed by atoms with Gasteiger partial charge in [0, 0.05) is 38.2 Å². The average molecular weight is 239 g/mol. The molecule has 0 saturated carbocycles. The van der Waals surface area contributed by atoms with Gasteiger partial charge in [-0.2, -0.15) is 0 Å². The smallest absolute Gasteiger partial charge is 0.0724 e. The Kier molecular flexibility index (Phi) is 5.47. The molecule has 0 saturated heterocycles. The first-order chi connectivity index (χ1) is 8.09. The number of hydrogen-bond acceptors (Lipinski definition) is 5. The summed E-state index contributed by atoms with van der Waals surface area (Å²) in [4.78, 5) is 8.46. The number of nitrogens with one attached hydrogen (secondary N) is 1. The van der Waals surface area contributed by atoms with Crippen LogP contribution < -0.4 is 5.32 Å². The first kappa shape index (κ1) is 14.0. The van der Waals surface area contributed by atoms with Gasteiger partial charge in [0.15, 0.2) is 0 Å². The molecule has 1 atom stereocenters. The van der Waals surface area contributed by atoms with Crippen LogP contribution in [0.15, 0.2) is 12.4 Å². The van der Waals surface area contributed by atoms with E-state index in [1.54, 1.807) is 19.5 Å². The van der Waals surface area contributed by atoms with Gasteiger partial charge in [-0.25, -0.2) is 0 Å². The SMILES string of the molecule is COCC(C)(CCO)NCc1cnc(C)cn1. The number of aliphatic hydroxyl groups is 1. The number of aliphatic hydroxyl groups excluding tert-OH is 1. The van der Waals surface area contributed by atoms with Crippen LogP contribution in [0.2, 0.25) is 0 Å². The van der Waals surface area contributed by atoms with Gasteiger partial charge in [-0.1, -0.05) is 0 Å². The first-order valence-corrected chi connectivity index (χ1v) is 5.72. The number of ether oxygens (including phenoxy) is 1. The summed E-state index contributed by atoms with van der Waals surface area (Å²) in [5.41, 5.74) is 1.55. The number of hydrogen-bond donors (Lipinski definition) is 2. The van der Waals surface area contributed by atoms with E-state index in [0.717, 1.165) is 11.4 Å². The van der Waals surface area contributed by atoms with Crippen LogP contribution in [0.4, 0.5) is 0 Å². The van der Waals surface area contributed by atoms with E-state index in [9.17, 15) is 0 Å². The highest BCUT2D eigenvalue weighted by molar-refractivity contribution is 5.01. The molecule has 1 unspecified atom stereocenters. The molecule has 1 aromatic rings. The monoisotopic (exact) mass is 239 g/mol. The Morgan fingerprint density at radius 2 is 2.18 bits per heavy atom. The van der Waals surface area contributed by atoms with E-state index < -0.39 is 0 Å². The van der Waals surface area contributed by atoms with Gasteiger partial charge in [0.1, 0.15) is 0 Å². The molecule has 0 fully saturated rings. The Morgan fingerprint density at radius 1 is 1.41 bits per heavy atom. The molecule has 2 N–H and O–H groups in total. The summed E-state index contributed by atoms with van der Waals surface area (Å²) in [6.07, 6.45) is 4.14. The van der Waals surface area contributed by atoms with Gasteiger partial charge in [-0.3, -0.25) is 9.97 Å². The van der Waals surface area contributed by atoms with Gasteiger partial charge >= 0.3 is 0 Å². The third kappa shape index (κ3) is 4.77. The molecule has 0 aliphatic rings. The highest BCUT2D eigenvalue weighted by Gasteiger charge is 2.22. The van der Waals surface area contributed by atoms with Crippen molar-refractivity contribution in [3.8, 4) is 0 Å². The lowest BCUT2D eigenvalue weighted by Gasteiger charge is -2.29. The maximum Gasteiger partial charge on any atom is 0.0724 e. The molecule has 5 heteroatoms. The van der Waals surface area contributed by atoms with E-state index in [1.165, 1.54) is 0 Å². The van der Waals surface area contributed by atoms with Crippen LogP contribution in [0.5, 0.6) is 0 Å². The molecule has 0 radical (unpaired) electrons. The predicted octanol–water partition coefficient (Wildman–Crippen LogP) is 0.662. The van der Waals surface area contributed by atoms with E-state index in [1.807, 2.05) is 13.8 Å². The molecule has 0 aliphatic carbocycles. The molecule has 0 aromatic carbocycles. The summed E-state index contributed by atoms with van der Waals surface area (Å²) in [5.74, 6) is 0. The molecule has 1 aromatic heterocycles. The maximum absolute atomic E-state index is 9.04. The topological polar surface area (TPSA) is 67.3 Å². The van der Waals surface area contributed by atoms with Gasteiger partial charge in [0.05, 0.1) is 18.0 Å². The highest BCUT2D eigenvalue weighted by atomic mass is 16.5. The van der Waals surface area contributed by atoms with Crippen molar-refractivity contribution in [3.63, 3.8) is 0 Å². The van der Waals surface area contributed by atoms with E-state index in [2.05, 4.69) is 15.3 Å². The second kappa shape index (κ2) is 6.64. The molecule has 0 spiro atoms. The van der Waals surface area contributed by atoms with Gasteiger partial charge in [0.25, 0.3) is 0 Å². The fourth-order valence-electron chi connectivity index (χ4n) is 1.59. The molecule has 0 aliphatic heterocycles. The van der Waals surface area contributed by atoms with Crippen LogP contribution in [0.3, 0.4) is 0 Å². The Balaban J connectivity index is 2.54. The molecule has 0 amide bonds. The van der Waals surface area contributed by atoms with Crippen molar-refractivity contribution in [2.24, 2.45) is 0 Å². The van der Waals surface area contributed by atoms with Gasteiger partial charge in [-0.15, -0.1) is 0 Å². The van der Waals surface area contributed by atoms with Crippen molar-refractivity contribution in [3.05, 3.63) is 23.8 Å². The molecule has 1 heterocycles. The summed E-state index contributed by atoms with van der Waals surface area (Å²) < 4.78 is 5.16.